The van der Waals surface area contributed by atoms with Crippen molar-refractivity contribution in [3.05, 3.63) is 54.1 Å². The van der Waals surface area contributed by atoms with E-state index in [2.05, 4.69) is 10.6 Å². The normalized spacial score (nSPS) is 10.8. The summed E-state index contributed by atoms with van der Waals surface area (Å²) in [5.74, 6) is -0.428. The second-order valence-corrected chi connectivity index (χ2v) is 6.98. The molecule has 4 N–H and O–H groups in total. The minimum Gasteiger partial charge on any atom is -0.484 e. The molecule has 2 aromatic rings. The zero-order valence-electron chi connectivity index (χ0n) is 14.1. The van der Waals surface area contributed by atoms with Crippen LogP contribution in [0.2, 0.25) is 0 Å². The van der Waals surface area contributed by atoms with Crippen LogP contribution in [-0.4, -0.2) is 33.4 Å². The summed E-state index contributed by atoms with van der Waals surface area (Å²) in [6.45, 7) is 1.09. The average molecular weight is 377 g/mol. The Balaban J connectivity index is 1.84. The van der Waals surface area contributed by atoms with Crippen molar-refractivity contribution in [2.45, 2.75) is 11.8 Å². The van der Waals surface area contributed by atoms with E-state index in [4.69, 9.17) is 9.88 Å². The third-order valence-electron chi connectivity index (χ3n) is 3.34. The highest BCUT2D eigenvalue weighted by Gasteiger charge is 2.13. The molecule has 2 rings (SSSR count). The van der Waals surface area contributed by atoms with Gasteiger partial charge in [0.15, 0.2) is 6.61 Å². The summed E-state index contributed by atoms with van der Waals surface area (Å²) in [6, 6.07) is 13.1. The summed E-state index contributed by atoms with van der Waals surface area (Å²) in [7, 11) is -3.89. The number of aryl methyl sites for hydroxylation is 1. The van der Waals surface area contributed by atoms with Gasteiger partial charge in [-0.3, -0.25) is 9.59 Å². The molecule has 0 aliphatic heterocycles. The number of rotatable bonds is 7. The molecule has 9 heteroatoms. The number of benzene rings is 2. The lowest BCUT2D eigenvalue weighted by molar-refractivity contribution is -0.125. The van der Waals surface area contributed by atoms with Crippen molar-refractivity contribution < 1.29 is 22.7 Å². The Morgan fingerprint density at radius 3 is 2.42 bits per heavy atom. The Hall–Kier alpha value is -2.91. The lowest BCUT2D eigenvalue weighted by atomic mass is 10.2. The summed E-state index contributed by atoms with van der Waals surface area (Å²) >= 11 is 0. The fraction of sp³-hybridized carbons (Fsp3) is 0.176. The Morgan fingerprint density at radius 2 is 1.77 bits per heavy atom. The molecule has 0 heterocycles. The molecule has 0 saturated heterocycles. The van der Waals surface area contributed by atoms with Crippen LogP contribution in [0.3, 0.4) is 0 Å². The summed E-state index contributed by atoms with van der Waals surface area (Å²) in [5, 5.41) is 10.0. The Kier molecular flexibility index (Phi) is 6.31. The van der Waals surface area contributed by atoms with Crippen LogP contribution in [0.4, 0.5) is 5.69 Å². The number of nitrogens with two attached hydrogens (primary N) is 1. The fourth-order valence-corrected chi connectivity index (χ4v) is 2.89. The van der Waals surface area contributed by atoms with Gasteiger partial charge in [0.2, 0.25) is 15.9 Å². The van der Waals surface area contributed by atoms with Crippen molar-refractivity contribution >= 4 is 27.5 Å². The first kappa shape index (κ1) is 19.4. The lowest BCUT2D eigenvalue weighted by Gasteiger charge is -2.10. The van der Waals surface area contributed by atoms with E-state index in [9.17, 15) is 18.0 Å². The van der Waals surface area contributed by atoms with Crippen LogP contribution in [0.25, 0.3) is 0 Å². The molecular weight excluding hydrogens is 358 g/mol. The maximum atomic E-state index is 11.9. The molecule has 0 aliphatic carbocycles. The van der Waals surface area contributed by atoms with Gasteiger partial charge in [-0.05, 0) is 36.8 Å². The first-order chi connectivity index (χ1) is 12.3. The number of para-hydroxylation sites is 1. The minimum atomic E-state index is -3.89. The van der Waals surface area contributed by atoms with Gasteiger partial charge in [-0.1, -0.05) is 24.3 Å². The molecule has 0 spiro atoms. The number of primary sulfonamides is 1. The Labute approximate surface area is 151 Å². The number of carbonyl (C=O) groups is 2. The zero-order chi connectivity index (χ0) is 19.2. The average Bonchev–Trinajstić information content (AvgIpc) is 2.60. The van der Waals surface area contributed by atoms with Gasteiger partial charge in [0.25, 0.3) is 5.91 Å². The Bertz CT molecular complexity index is 898. The molecule has 0 bridgehead atoms. The van der Waals surface area contributed by atoms with Crippen molar-refractivity contribution in [2.24, 2.45) is 5.14 Å². The van der Waals surface area contributed by atoms with E-state index in [1.54, 1.807) is 37.3 Å². The van der Waals surface area contributed by atoms with Gasteiger partial charge in [0.05, 0.1) is 11.4 Å². The van der Waals surface area contributed by atoms with Gasteiger partial charge in [-0.2, -0.15) is 0 Å². The van der Waals surface area contributed by atoms with E-state index in [0.717, 1.165) is 0 Å². The van der Waals surface area contributed by atoms with Crippen molar-refractivity contribution in [2.75, 3.05) is 18.5 Å². The highest BCUT2D eigenvalue weighted by Crippen LogP contribution is 2.18. The van der Waals surface area contributed by atoms with E-state index in [1.165, 1.54) is 12.1 Å². The topological polar surface area (TPSA) is 128 Å². The number of anilines is 1. The molecule has 26 heavy (non-hydrogen) atoms. The molecule has 0 saturated carbocycles. The maximum absolute atomic E-state index is 11.9. The van der Waals surface area contributed by atoms with Gasteiger partial charge >= 0.3 is 0 Å². The molecule has 138 valence electrons. The predicted molar refractivity (Wildman–Crippen MR) is 96.1 cm³/mol. The van der Waals surface area contributed by atoms with Crippen LogP contribution >= 0.6 is 0 Å². The second-order valence-electron chi connectivity index (χ2n) is 5.45. The summed E-state index contributed by atoms with van der Waals surface area (Å²) < 4.78 is 28.2. The molecule has 0 radical (unpaired) electrons. The molecule has 0 fully saturated rings. The number of carbonyl (C=O) groups excluding carboxylic acids is 2. The number of ether oxygens (including phenoxy) is 1. The van der Waals surface area contributed by atoms with Crippen LogP contribution in [0, 0.1) is 6.92 Å². The monoisotopic (exact) mass is 377 g/mol. The SMILES string of the molecule is Cc1ccc(NC(=O)CNC(=O)COc2ccccc2)cc1S(N)(=O)=O. The zero-order valence-corrected chi connectivity index (χ0v) is 14.9. The van der Waals surface area contributed by atoms with Crippen molar-refractivity contribution in [1.82, 2.24) is 5.32 Å². The molecule has 0 aromatic heterocycles. The van der Waals surface area contributed by atoms with Crippen LogP contribution in [0.1, 0.15) is 5.56 Å². The third-order valence-corrected chi connectivity index (χ3v) is 4.39. The number of sulfonamides is 1. The van der Waals surface area contributed by atoms with E-state index >= 15 is 0 Å². The summed E-state index contributed by atoms with van der Waals surface area (Å²) in [5.41, 5.74) is 0.733. The quantitative estimate of drug-likeness (QED) is 0.657. The van der Waals surface area contributed by atoms with E-state index in [-0.39, 0.29) is 23.7 Å². The first-order valence-corrected chi connectivity index (χ1v) is 9.18. The van der Waals surface area contributed by atoms with E-state index < -0.39 is 21.8 Å². The van der Waals surface area contributed by atoms with Gasteiger partial charge in [0, 0.05) is 5.69 Å². The summed E-state index contributed by atoms with van der Waals surface area (Å²) in [6.07, 6.45) is 0. The highest BCUT2D eigenvalue weighted by molar-refractivity contribution is 7.89. The number of nitrogens with one attached hydrogen (secondary N) is 2. The van der Waals surface area contributed by atoms with Crippen molar-refractivity contribution in [3.63, 3.8) is 0 Å². The van der Waals surface area contributed by atoms with Gasteiger partial charge in [-0.25, -0.2) is 13.6 Å². The molecule has 0 aliphatic rings. The van der Waals surface area contributed by atoms with Crippen LogP contribution in [-0.2, 0) is 19.6 Å². The van der Waals surface area contributed by atoms with Gasteiger partial charge < -0.3 is 15.4 Å². The minimum absolute atomic E-state index is 0.0735. The van der Waals surface area contributed by atoms with Crippen molar-refractivity contribution in [3.8, 4) is 5.75 Å². The molecule has 8 nitrogen and oxygen atoms in total. The molecule has 2 aromatic carbocycles. The maximum Gasteiger partial charge on any atom is 0.258 e. The van der Waals surface area contributed by atoms with E-state index in [1.807, 2.05) is 6.07 Å². The summed E-state index contributed by atoms with van der Waals surface area (Å²) in [4.78, 5) is 23.5. The van der Waals surface area contributed by atoms with Crippen LogP contribution in [0.15, 0.2) is 53.4 Å². The molecule has 0 unspecified atom stereocenters. The van der Waals surface area contributed by atoms with Crippen molar-refractivity contribution in [1.29, 1.82) is 0 Å². The molecule has 2 amide bonds. The number of hydrogen-bond acceptors (Lipinski definition) is 5. The highest BCUT2D eigenvalue weighted by atomic mass is 32.2. The fourth-order valence-electron chi connectivity index (χ4n) is 2.09. The number of amides is 2. The van der Waals surface area contributed by atoms with E-state index in [0.29, 0.717) is 11.3 Å². The molecule has 0 atom stereocenters. The third kappa shape index (κ3) is 5.87. The van der Waals surface area contributed by atoms with Gasteiger partial charge in [0.1, 0.15) is 5.75 Å². The smallest absolute Gasteiger partial charge is 0.258 e. The first-order valence-electron chi connectivity index (χ1n) is 7.63. The lowest BCUT2D eigenvalue weighted by Crippen LogP contribution is -2.35. The predicted octanol–water partition coefficient (Wildman–Crippen LogP) is 0.776. The van der Waals surface area contributed by atoms with Crippen LogP contribution in [0.5, 0.6) is 5.75 Å². The second kappa shape index (κ2) is 8.45. The number of hydrogen-bond donors (Lipinski definition) is 3. The Morgan fingerprint density at radius 1 is 1.08 bits per heavy atom. The largest absolute Gasteiger partial charge is 0.484 e. The van der Waals surface area contributed by atoms with Crippen LogP contribution < -0.4 is 20.5 Å². The molecular formula is C17H19N3O5S. The standard InChI is InChI=1S/C17H19N3O5S/c1-12-7-8-13(9-15(12)26(18,23)24)20-16(21)10-19-17(22)11-25-14-5-3-2-4-6-14/h2-9H,10-11H2,1H3,(H,19,22)(H,20,21)(H2,18,23,24). The van der Waals surface area contributed by atoms with Gasteiger partial charge in [-0.15, -0.1) is 0 Å².